The van der Waals surface area contributed by atoms with Crippen LogP contribution in [0.25, 0.3) is 0 Å². The van der Waals surface area contributed by atoms with Gasteiger partial charge >= 0.3 is 0 Å². The molecule has 0 aliphatic carbocycles. The first-order chi connectivity index (χ1) is 7.49. The third kappa shape index (κ3) is 3.94. The van der Waals surface area contributed by atoms with E-state index in [0.717, 1.165) is 6.07 Å². The van der Waals surface area contributed by atoms with Crippen molar-refractivity contribution >= 4 is 5.91 Å². The molecule has 0 aromatic heterocycles. The first-order valence-corrected chi connectivity index (χ1v) is 4.90. The van der Waals surface area contributed by atoms with Crippen LogP contribution in [0.4, 0.5) is 8.78 Å². The minimum Gasteiger partial charge on any atom is -0.369 e. The molecule has 0 unspecified atom stereocenters. The number of carbonyl (C=O) groups is 1. The van der Waals surface area contributed by atoms with Gasteiger partial charge in [0.1, 0.15) is 11.6 Å². The first kappa shape index (κ1) is 12.6. The van der Waals surface area contributed by atoms with E-state index >= 15 is 0 Å². The average molecular weight is 228 g/mol. The maximum atomic E-state index is 13.2. The first-order valence-electron chi connectivity index (χ1n) is 4.90. The third-order valence-corrected chi connectivity index (χ3v) is 2.20. The quantitative estimate of drug-likeness (QED) is 0.814. The molecule has 0 saturated carbocycles. The number of amides is 1. The lowest BCUT2D eigenvalue weighted by molar-refractivity contribution is -0.118. The van der Waals surface area contributed by atoms with Gasteiger partial charge in [-0.2, -0.15) is 0 Å². The van der Waals surface area contributed by atoms with Crippen LogP contribution < -0.4 is 5.73 Å². The lowest BCUT2D eigenvalue weighted by atomic mass is 10.1. The Hall–Kier alpha value is -1.49. The number of likely N-dealkylation sites (N-methyl/N-ethyl adjacent to an activating group) is 1. The van der Waals surface area contributed by atoms with Crippen molar-refractivity contribution in [2.24, 2.45) is 5.73 Å². The molecule has 1 rings (SSSR count). The van der Waals surface area contributed by atoms with E-state index in [4.69, 9.17) is 5.73 Å². The number of nitrogens with zero attached hydrogens (tertiary/aromatic N) is 1. The summed E-state index contributed by atoms with van der Waals surface area (Å²) in [4.78, 5) is 12.3. The van der Waals surface area contributed by atoms with Crippen LogP contribution in [0, 0.1) is 11.6 Å². The number of carbonyl (C=O) groups excluding carboxylic acids is 1. The summed E-state index contributed by atoms with van der Waals surface area (Å²) in [5, 5.41) is 0. The molecule has 1 aromatic carbocycles. The van der Waals surface area contributed by atoms with Gasteiger partial charge in [-0.1, -0.05) is 6.07 Å². The van der Waals surface area contributed by atoms with Gasteiger partial charge in [-0.3, -0.25) is 9.69 Å². The molecule has 1 amide bonds. The highest BCUT2D eigenvalue weighted by Crippen LogP contribution is 2.10. The van der Waals surface area contributed by atoms with Crippen molar-refractivity contribution < 1.29 is 13.6 Å². The lowest BCUT2D eigenvalue weighted by Gasteiger charge is -2.14. The second-order valence-corrected chi connectivity index (χ2v) is 3.69. The highest BCUT2D eigenvalue weighted by Gasteiger charge is 2.06. The van der Waals surface area contributed by atoms with Gasteiger partial charge in [-0.05, 0) is 25.1 Å². The highest BCUT2D eigenvalue weighted by molar-refractivity contribution is 5.75. The van der Waals surface area contributed by atoms with Gasteiger partial charge in [0.15, 0.2) is 0 Å². The minimum atomic E-state index is -0.591. The van der Waals surface area contributed by atoms with E-state index in [1.807, 2.05) is 0 Å². The molecule has 3 nitrogen and oxygen atoms in total. The zero-order valence-corrected chi connectivity index (χ0v) is 9.04. The van der Waals surface area contributed by atoms with Crippen molar-refractivity contribution in [3.63, 3.8) is 0 Å². The molecule has 0 heterocycles. The maximum absolute atomic E-state index is 13.2. The Morgan fingerprint density at radius 2 is 2.12 bits per heavy atom. The standard InChI is InChI=1S/C11H14F2N2O/c1-15(7-11(14)16)5-4-8-2-3-9(12)6-10(8)13/h2-3,6H,4-5,7H2,1H3,(H2,14,16). The Kier molecular flexibility index (Phi) is 4.37. The summed E-state index contributed by atoms with van der Waals surface area (Å²) >= 11 is 0. The Morgan fingerprint density at radius 3 is 2.69 bits per heavy atom. The molecular formula is C11H14F2N2O. The molecule has 0 spiro atoms. The van der Waals surface area contributed by atoms with Crippen molar-refractivity contribution in [3.05, 3.63) is 35.4 Å². The summed E-state index contributed by atoms with van der Waals surface area (Å²) < 4.78 is 25.8. The van der Waals surface area contributed by atoms with E-state index in [9.17, 15) is 13.6 Å². The second-order valence-electron chi connectivity index (χ2n) is 3.69. The number of benzene rings is 1. The summed E-state index contributed by atoms with van der Waals surface area (Å²) in [6.07, 6.45) is 0.413. The molecule has 5 heteroatoms. The van der Waals surface area contributed by atoms with Gasteiger partial charge in [-0.25, -0.2) is 8.78 Å². The number of hydrogen-bond acceptors (Lipinski definition) is 2. The Bertz CT molecular complexity index is 382. The number of halogens is 2. The summed E-state index contributed by atoms with van der Waals surface area (Å²) in [5.41, 5.74) is 5.44. The average Bonchev–Trinajstić information content (AvgIpc) is 2.15. The topological polar surface area (TPSA) is 46.3 Å². The maximum Gasteiger partial charge on any atom is 0.231 e. The van der Waals surface area contributed by atoms with E-state index in [2.05, 4.69) is 0 Å². The van der Waals surface area contributed by atoms with E-state index < -0.39 is 17.5 Å². The van der Waals surface area contributed by atoms with Gasteiger partial charge in [0.2, 0.25) is 5.91 Å². The molecule has 0 atom stereocenters. The predicted molar refractivity (Wildman–Crippen MR) is 56.8 cm³/mol. The van der Waals surface area contributed by atoms with Crippen LogP contribution in [0.3, 0.4) is 0 Å². The minimum absolute atomic E-state index is 0.128. The van der Waals surface area contributed by atoms with E-state index in [1.165, 1.54) is 12.1 Å². The molecule has 1 aromatic rings. The SMILES string of the molecule is CN(CCc1ccc(F)cc1F)CC(N)=O. The molecule has 0 aliphatic rings. The van der Waals surface area contributed by atoms with Gasteiger partial charge in [-0.15, -0.1) is 0 Å². The third-order valence-electron chi connectivity index (χ3n) is 2.20. The Labute approximate surface area is 92.8 Å². The number of nitrogens with two attached hydrogens (primary N) is 1. The largest absolute Gasteiger partial charge is 0.369 e. The van der Waals surface area contributed by atoms with E-state index in [0.29, 0.717) is 18.5 Å². The molecule has 2 N–H and O–H groups in total. The van der Waals surface area contributed by atoms with Gasteiger partial charge in [0.25, 0.3) is 0 Å². The molecule has 0 saturated heterocycles. The summed E-state index contributed by atoms with van der Waals surface area (Å²) in [5.74, 6) is -1.58. The predicted octanol–water partition coefficient (Wildman–Crippen LogP) is 0.924. The fourth-order valence-corrected chi connectivity index (χ4v) is 1.38. The fourth-order valence-electron chi connectivity index (χ4n) is 1.38. The second kappa shape index (κ2) is 5.55. The van der Waals surface area contributed by atoms with E-state index in [-0.39, 0.29) is 6.54 Å². The van der Waals surface area contributed by atoms with Crippen molar-refractivity contribution in [3.8, 4) is 0 Å². The molecule has 0 bridgehead atoms. The fraction of sp³-hybridized carbons (Fsp3) is 0.364. The van der Waals surface area contributed by atoms with Crippen LogP contribution >= 0.6 is 0 Å². The number of rotatable bonds is 5. The van der Waals surface area contributed by atoms with Crippen molar-refractivity contribution in [2.75, 3.05) is 20.1 Å². The Morgan fingerprint density at radius 1 is 1.44 bits per heavy atom. The van der Waals surface area contributed by atoms with Gasteiger partial charge in [0.05, 0.1) is 6.54 Å². The van der Waals surface area contributed by atoms with E-state index in [1.54, 1.807) is 11.9 Å². The van der Waals surface area contributed by atoms with Crippen LogP contribution in [0.5, 0.6) is 0 Å². The Balaban J connectivity index is 2.51. The molecule has 88 valence electrons. The lowest BCUT2D eigenvalue weighted by Crippen LogP contribution is -2.32. The van der Waals surface area contributed by atoms with Crippen molar-refractivity contribution in [2.45, 2.75) is 6.42 Å². The monoisotopic (exact) mass is 228 g/mol. The van der Waals surface area contributed by atoms with Crippen LogP contribution in [0.1, 0.15) is 5.56 Å². The normalized spacial score (nSPS) is 10.8. The van der Waals surface area contributed by atoms with Gasteiger partial charge in [0, 0.05) is 12.6 Å². The number of hydrogen-bond donors (Lipinski definition) is 1. The van der Waals surface area contributed by atoms with Crippen molar-refractivity contribution in [1.29, 1.82) is 0 Å². The molecule has 0 fully saturated rings. The zero-order chi connectivity index (χ0) is 12.1. The zero-order valence-electron chi connectivity index (χ0n) is 9.04. The summed E-state index contributed by atoms with van der Waals surface area (Å²) in [7, 11) is 1.71. The highest BCUT2D eigenvalue weighted by atomic mass is 19.1. The van der Waals surface area contributed by atoms with Crippen LogP contribution in [-0.4, -0.2) is 30.9 Å². The smallest absolute Gasteiger partial charge is 0.231 e. The van der Waals surface area contributed by atoms with Crippen LogP contribution in [0.2, 0.25) is 0 Å². The van der Waals surface area contributed by atoms with Crippen LogP contribution in [0.15, 0.2) is 18.2 Å². The summed E-state index contributed by atoms with van der Waals surface area (Å²) in [6, 6.07) is 3.47. The molecule has 0 aliphatic heterocycles. The summed E-state index contributed by atoms with van der Waals surface area (Å²) in [6.45, 7) is 0.619. The molecular weight excluding hydrogens is 214 g/mol. The van der Waals surface area contributed by atoms with Gasteiger partial charge < -0.3 is 5.73 Å². The number of primary amides is 1. The van der Waals surface area contributed by atoms with Crippen LogP contribution in [-0.2, 0) is 11.2 Å². The molecule has 0 radical (unpaired) electrons. The molecule has 16 heavy (non-hydrogen) atoms. The van der Waals surface area contributed by atoms with Crippen molar-refractivity contribution in [1.82, 2.24) is 4.90 Å².